The first-order valence-corrected chi connectivity index (χ1v) is 4.61. The van der Waals surface area contributed by atoms with Crippen LogP contribution < -0.4 is 0 Å². The van der Waals surface area contributed by atoms with E-state index in [4.69, 9.17) is 0 Å². The highest BCUT2D eigenvalue weighted by atomic mass is 16.3. The van der Waals surface area contributed by atoms with Crippen LogP contribution in [0.1, 0.15) is 24.0 Å². The fourth-order valence-electron chi connectivity index (χ4n) is 2.17. The highest BCUT2D eigenvalue weighted by Crippen LogP contribution is 2.37. The van der Waals surface area contributed by atoms with Crippen molar-refractivity contribution in [3.8, 4) is 0 Å². The van der Waals surface area contributed by atoms with Crippen molar-refractivity contribution in [2.45, 2.75) is 25.4 Å². The number of fused-ring (bicyclic) bond motifs is 1. The minimum Gasteiger partial charge on any atom is -0.392 e. The summed E-state index contributed by atoms with van der Waals surface area (Å²) in [5.41, 5.74) is 3.57. The van der Waals surface area contributed by atoms with Gasteiger partial charge in [-0.05, 0) is 24.5 Å². The molecule has 1 heteroatoms. The zero-order valence-electron chi connectivity index (χ0n) is 7.83. The third-order valence-electron chi connectivity index (χ3n) is 2.73. The quantitative estimate of drug-likeness (QED) is 0.647. The number of hydrogen-bond acceptors (Lipinski definition) is 1. The summed E-state index contributed by atoms with van der Waals surface area (Å²) in [5.74, 6) is 0.149. The monoisotopic (exact) mass is 174 g/mol. The molecular weight excluding hydrogens is 160 g/mol. The van der Waals surface area contributed by atoms with Crippen molar-refractivity contribution in [3.05, 3.63) is 47.5 Å². The molecule has 1 aromatic carbocycles. The van der Waals surface area contributed by atoms with Gasteiger partial charge in [0, 0.05) is 5.92 Å². The molecular formula is C12H14O. The number of hydrogen-bond donors (Lipinski definition) is 1. The number of rotatable bonds is 1. The van der Waals surface area contributed by atoms with Gasteiger partial charge in [-0.2, -0.15) is 0 Å². The summed E-state index contributed by atoms with van der Waals surface area (Å²) in [4.78, 5) is 0. The second-order valence-corrected chi connectivity index (χ2v) is 3.79. The molecule has 0 radical (unpaired) electrons. The molecule has 0 aliphatic heterocycles. The Morgan fingerprint density at radius 3 is 2.85 bits per heavy atom. The number of benzene rings is 1. The van der Waals surface area contributed by atoms with E-state index in [0.29, 0.717) is 0 Å². The molecule has 2 atom stereocenters. The summed E-state index contributed by atoms with van der Waals surface area (Å²) >= 11 is 0. The van der Waals surface area contributed by atoms with Crippen LogP contribution in [-0.4, -0.2) is 11.2 Å². The van der Waals surface area contributed by atoms with Gasteiger partial charge < -0.3 is 5.11 Å². The first-order chi connectivity index (χ1) is 6.20. The largest absolute Gasteiger partial charge is 0.392 e. The fourth-order valence-corrected chi connectivity index (χ4v) is 2.17. The van der Waals surface area contributed by atoms with Crippen molar-refractivity contribution in [3.63, 3.8) is 0 Å². The maximum absolute atomic E-state index is 9.82. The van der Waals surface area contributed by atoms with Crippen molar-refractivity contribution in [1.29, 1.82) is 0 Å². The highest BCUT2D eigenvalue weighted by Gasteiger charge is 2.30. The first-order valence-electron chi connectivity index (χ1n) is 4.61. The van der Waals surface area contributed by atoms with Gasteiger partial charge in [-0.15, -0.1) is 0 Å². The van der Waals surface area contributed by atoms with Gasteiger partial charge in [-0.1, -0.05) is 36.4 Å². The summed E-state index contributed by atoms with van der Waals surface area (Å²) in [6.45, 7) is 5.91. The molecule has 13 heavy (non-hydrogen) atoms. The van der Waals surface area contributed by atoms with Gasteiger partial charge in [-0.3, -0.25) is 0 Å². The van der Waals surface area contributed by atoms with E-state index in [-0.39, 0.29) is 12.0 Å². The molecule has 1 aromatic rings. The third kappa shape index (κ3) is 1.29. The topological polar surface area (TPSA) is 20.2 Å². The van der Waals surface area contributed by atoms with Gasteiger partial charge in [0.05, 0.1) is 6.10 Å². The van der Waals surface area contributed by atoms with Crippen LogP contribution in [0, 0.1) is 0 Å². The fraction of sp³-hybridized carbons (Fsp3) is 0.333. The van der Waals surface area contributed by atoms with E-state index in [2.05, 4.69) is 18.7 Å². The zero-order valence-corrected chi connectivity index (χ0v) is 7.83. The van der Waals surface area contributed by atoms with Gasteiger partial charge in [0.15, 0.2) is 0 Å². The Hall–Kier alpha value is -1.08. The number of aliphatic hydroxyl groups excluding tert-OH is 1. The van der Waals surface area contributed by atoms with E-state index in [1.54, 1.807) is 0 Å². The molecule has 0 aromatic heterocycles. The van der Waals surface area contributed by atoms with Crippen LogP contribution in [0.3, 0.4) is 0 Å². The third-order valence-corrected chi connectivity index (χ3v) is 2.73. The molecule has 0 bridgehead atoms. The Labute approximate surface area is 78.7 Å². The molecule has 68 valence electrons. The second kappa shape index (κ2) is 3.00. The zero-order chi connectivity index (χ0) is 9.42. The van der Waals surface area contributed by atoms with Crippen LogP contribution in [0.2, 0.25) is 0 Å². The van der Waals surface area contributed by atoms with Gasteiger partial charge in [0.1, 0.15) is 0 Å². The van der Waals surface area contributed by atoms with Crippen LogP contribution in [0.4, 0.5) is 0 Å². The Kier molecular flexibility index (Phi) is 1.97. The lowest BCUT2D eigenvalue weighted by molar-refractivity contribution is 0.168. The maximum Gasteiger partial charge on any atom is 0.0686 e. The van der Waals surface area contributed by atoms with Crippen molar-refractivity contribution in [2.75, 3.05) is 0 Å². The molecule has 1 aliphatic rings. The van der Waals surface area contributed by atoms with Crippen LogP contribution in [0.25, 0.3) is 0 Å². The standard InChI is InChI=1S/C12H14O/c1-8(2)12-10-6-4-3-5-9(10)7-11(12)13/h3-6,11-13H,1,7H2,2H3/t11-,12-/m0/s1. The lowest BCUT2D eigenvalue weighted by Crippen LogP contribution is -2.13. The van der Waals surface area contributed by atoms with Gasteiger partial charge in [-0.25, -0.2) is 0 Å². The Balaban J connectivity index is 2.46. The average Bonchev–Trinajstić information content (AvgIpc) is 2.39. The Morgan fingerprint density at radius 1 is 1.46 bits per heavy atom. The molecule has 2 rings (SSSR count). The molecule has 1 aliphatic carbocycles. The molecule has 0 fully saturated rings. The van der Waals surface area contributed by atoms with Crippen molar-refractivity contribution < 1.29 is 5.11 Å². The van der Waals surface area contributed by atoms with Gasteiger partial charge in [0.25, 0.3) is 0 Å². The molecule has 1 N–H and O–H groups in total. The Bertz CT molecular complexity index is 341. The van der Waals surface area contributed by atoms with Crippen LogP contribution in [0.15, 0.2) is 36.4 Å². The lowest BCUT2D eigenvalue weighted by atomic mass is 9.93. The predicted molar refractivity (Wildman–Crippen MR) is 53.7 cm³/mol. The van der Waals surface area contributed by atoms with Crippen molar-refractivity contribution in [2.24, 2.45) is 0 Å². The van der Waals surface area contributed by atoms with E-state index in [9.17, 15) is 5.11 Å². The first kappa shape index (κ1) is 8.52. The smallest absolute Gasteiger partial charge is 0.0686 e. The maximum atomic E-state index is 9.82. The SMILES string of the molecule is C=C(C)[C@H]1c2ccccc2C[C@@H]1O. The molecule has 0 spiro atoms. The number of aliphatic hydroxyl groups is 1. The van der Waals surface area contributed by atoms with Crippen molar-refractivity contribution >= 4 is 0 Å². The Morgan fingerprint density at radius 2 is 2.15 bits per heavy atom. The molecule has 0 unspecified atom stereocenters. The predicted octanol–water partition coefficient (Wildman–Crippen LogP) is 2.26. The minimum atomic E-state index is -0.269. The van der Waals surface area contributed by atoms with Crippen LogP contribution >= 0.6 is 0 Å². The normalized spacial score (nSPS) is 25.7. The van der Waals surface area contributed by atoms with Gasteiger partial charge in [0.2, 0.25) is 0 Å². The van der Waals surface area contributed by atoms with E-state index in [1.807, 2.05) is 19.1 Å². The second-order valence-electron chi connectivity index (χ2n) is 3.79. The van der Waals surface area contributed by atoms with E-state index in [0.717, 1.165) is 12.0 Å². The van der Waals surface area contributed by atoms with Crippen LogP contribution in [-0.2, 0) is 6.42 Å². The van der Waals surface area contributed by atoms with Crippen LogP contribution in [0.5, 0.6) is 0 Å². The lowest BCUT2D eigenvalue weighted by Gasteiger charge is -2.15. The van der Waals surface area contributed by atoms with Gasteiger partial charge >= 0.3 is 0 Å². The molecule has 0 saturated heterocycles. The van der Waals surface area contributed by atoms with Crippen molar-refractivity contribution in [1.82, 2.24) is 0 Å². The summed E-state index contributed by atoms with van der Waals surface area (Å²) in [5, 5.41) is 9.82. The van der Waals surface area contributed by atoms with E-state index < -0.39 is 0 Å². The average molecular weight is 174 g/mol. The van der Waals surface area contributed by atoms with E-state index in [1.165, 1.54) is 11.1 Å². The summed E-state index contributed by atoms with van der Waals surface area (Å²) in [7, 11) is 0. The molecule has 1 nitrogen and oxygen atoms in total. The van der Waals surface area contributed by atoms with E-state index >= 15 is 0 Å². The molecule has 0 heterocycles. The minimum absolute atomic E-state index is 0.149. The summed E-state index contributed by atoms with van der Waals surface area (Å²) in [6.07, 6.45) is 0.503. The summed E-state index contributed by atoms with van der Waals surface area (Å²) < 4.78 is 0. The highest BCUT2D eigenvalue weighted by molar-refractivity contribution is 5.41. The summed E-state index contributed by atoms with van der Waals surface area (Å²) in [6, 6.07) is 8.21. The molecule has 0 amide bonds. The molecule has 0 saturated carbocycles.